The molecule has 3 aromatic rings. The van der Waals surface area contributed by atoms with Crippen LogP contribution < -0.4 is 14.4 Å². The van der Waals surface area contributed by atoms with Crippen LogP contribution in [0.5, 0.6) is 17.2 Å². The van der Waals surface area contributed by atoms with Crippen molar-refractivity contribution >= 4 is 26.7 Å². The van der Waals surface area contributed by atoms with Crippen molar-refractivity contribution in [1.29, 1.82) is 0 Å². The predicted octanol–water partition coefficient (Wildman–Crippen LogP) is 5.92. The Bertz CT molecular complexity index is 1510. The highest BCUT2D eigenvalue weighted by Crippen LogP contribution is 2.48. The predicted molar refractivity (Wildman–Crippen MR) is 148 cm³/mol. The minimum atomic E-state index is -4.84. The molecule has 0 radical (unpaired) electrons. The minimum Gasteiger partial charge on any atom is -0.453 e. The van der Waals surface area contributed by atoms with Crippen LogP contribution in [0.25, 0.3) is 0 Å². The number of aliphatic hydroxyl groups excluding tert-OH is 1. The van der Waals surface area contributed by atoms with Gasteiger partial charge in [0.05, 0.1) is 47.6 Å². The van der Waals surface area contributed by atoms with Crippen molar-refractivity contribution in [3.63, 3.8) is 0 Å². The van der Waals surface area contributed by atoms with Crippen LogP contribution in [0.2, 0.25) is 0 Å². The summed E-state index contributed by atoms with van der Waals surface area (Å²) in [5, 5.41) is 11.5. The van der Waals surface area contributed by atoms with Gasteiger partial charge in [-0.1, -0.05) is 24.3 Å². The monoisotopic (exact) mass is 587 g/mol. The molecule has 4 atom stereocenters. The molecule has 1 N–H and O–H groups in total. The van der Waals surface area contributed by atoms with Gasteiger partial charge in [-0.05, 0) is 67.3 Å². The minimum absolute atomic E-state index is 0.0955. The average molecular weight is 588 g/mol. The lowest BCUT2D eigenvalue weighted by atomic mass is 9.98. The SMILES string of the molecule is O=S(C=N[C@@H]1COC[C@@H](N2c3ccccc3Oc3ccccc32)[C@H]1O)(=NCC1CC1)c1ccc(OC(F)(F)F)cc1. The van der Waals surface area contributed by atoms with Crippen LogP contribution in [0.3, 0.4) is 0 Å². The first-order valence-corrected chi connectivity index (χ1v) is 14.8. The molecule has 1 saturated heterocycles. The van der Waals surface area contributed by atoms with E-state index in [1.807, 2.05) is 53.4 Å². The Morgan fingerprint density at radius 2 is 1.61 bits per heavy atom. The summed E-state index contributed by atoms with van der Waals surface area (Å²) in [7, 11) is -3.25. The van der Waals surface area contributed by atoms with Gasteiger partial charge in [-0.2, -0.15) is 0 Å². The van der Waals surface area contributed by atoms with E-state index >= 15 is 0 Å². The highest BCUT2D eigenvalue weighted by atomic mass is 32.2. The maximum Gasteiger partial charge on any atom is 0.573 e. The number of para-hydroxylation sites is 4. The molecule has 8 nitrogen and oxygen atoms in total. The normalized spacial score (nSPS) is 23.7. The van der Waals surface area contributed by atoms with Crippen LogP contribution in [0, 0.1) is 5.92 Å². The standard InChI is InChI=1S/C29H28F3N3O5S/c30-29(31,32)40-20-11-13-21(14-12-20)41(37,34-15-19-9-10-19)18-33-22-16-38-17-25(28(22)36)35-23-5-1-3-7-26(23)39-27-8-4-2-6-24(27)35/h1-8,11-14,18-19,22,25,28,36H,9-10,15-17H2/t22-,25-,28+,41?/m1/s1. The molecular formula is C29H28F3N3O5S. The zero-order valence-electron chi connectivity index (χ0n) is 21.8. The second kappa shape index (κ2) is 11.0. The van der Waals surface area contributed by atoms with Crippen molar-refractivity contribution < 1.29 is 36.7 Å². The molecule has 0 aromatic heterocycles. The van der Waals surface area contributed by atoms with E-state index in [1.165, 1.54) is 17.7 Å². The van der Waals surface area contributed by atoms with Crippen molar-refractivity contribution in [2.24, 2.45) is 15.3 Å². The molecule has 1 unspecified atom stereocenters. The van der Waals surface area contributed by atoms with Gasteiger partial charge >= 0.3 is 6.36 Å². The number of ether oxygens (including phenoxy) is 3. The van der Waals surface area contributed by atoms with Gasteiger partial charge in [0.2, 0.25) is 0 Å². The number of alkyl halides is 3. The number of fused-ring (bicyclic) bond motifs is 2. The van der Waals surface area contributed by atoms with E-state index < -0.39 is 40.0 Å². The van der Waals surface area contributed by atoms with Crippen LogP contribution in [0.15, 0.2) is 87.0 Å². The Morgan fingerprint density at radius 3 is 2.22 bits per heavy atom. The number of aliphatic hydroxyl groups is 1. The number of halogens is 3. The van der Waals surface area contributed by atoms with E-state index in [9.17, 15) is 22.5 Å². The lowest BCUT2D eigenvalue weighted by Gasteiger charge is -2.43. The third kappa shape index (κ3) is 6.04. The molecule has 0 bridgehead atoms. The first kappa shape index (κ1) is 27.6. The van der Waals surface area contributed by atoms with Crippen LogP contribution in [0.4, 0.5) is 24.5 Å². The second-order valence-corrected chi connectivity index (χ2v) is 12.2. The molecule has 1 saturated carbocycles. The van der Waals surface area contributed by atoms with Gasteiger partial charge in [0.1, 0.15) is 27.6 Å². The number of hydrogen-bond donors (Lipinski definition) is 1. The van der Waals surface area contributed by atoms with Gasteiger partial charge < -0.3 is 24.2 Å². The highest BCUT2D eigenvalue weighted by Gasteiger charge is 2.40. The summed E-state index contributed by atoms with van der Waals surface area (Å²) in [6, 6.07) is 18.5. The summed E-state index contributed by atoms with van der Waals surface area (Å²) in [4.78, 5) is 6.70. The van der Waals surface area contributed by atoms with Crippen molar-refractivity contribution in [3.8, 4) is 17.2 Å². The van der Waals surface area contributed by atoms with Crippen LogP contribution in [-0.4, -0.2) is 59.2 Å². The Balaban J connectivity index is 1.29. The third-order valence-corrected chi connectivity index (χ3v) is 9.07. The molecule has 0 spiro atoms. The molecule has 0 amide bonds. The third-order valence-electron chi connectivity index (χ3n) is 7.18. The van der Waals surface area contributed by atoms with Gasteiger partial charge in [-0.15, -0.1) is 13.2 Å². The quantitative estimate of drug-likeness (QED) is 0.273. The Morgan fingerprint density at radius 1 is 0.976 bits per heavy atom. The maximum atomic E-state index is 14.0. The van der Waals surface area contributed by atoms with E-state index in [0.717, 1.165) is 36.3 Å². The zero-order chi connectivity index (χ0) is 28.6. The number of aliphatic imine (C=N–C) groups is 1. The first-order valence-electron chi connectivity index (χ1n) is 13.2. The molecule has 3 aliphatic rings. The van der Waals surface area contributed by atoms with Crippen molar-refractivity contribution in [2.75, 3.05) is 24.7 Å². The van der Waals surface area contributed by atoms with E-state index in [1.54, 1.807) is 0 Å². The molecule has 12 heteroatoms. The molecule has 6 rings (SSSR count). The topological polar surface area (TPSA) is 93.0 Å². The second-order valence-electron chi connectivity index (χ2n) is 10.2. The van der Waals surface area contributed by atoms with E-state index in [0.29, 0.717) is 24.0 Å². The van der Waals surface area contributed by atoms with E-state index in [4.69, 9.17) is 9.47 Å². The lowest BCUT2D eigenvalue weighted by molar-refractivity contribution is -0.274. The van der Waals surface area contributed by atoms with Gasteiger partial charge in [-0.25, -0.2) is 8.57 Å². The fourth-order valence-electron chi connectivity index (χ4n) is 4.89. The molecule has 2 aliphatic heterocycles. The summed E-state index contributed by atoms with van der Waals surface area (Å²) in [5.74, 6) is 1.19. The summed E-state index contributed by atoms with van der Waals surface area (Å²) in [6.07, 6.45) is -3.88. The van der Waals surface area contributed by atoms with Gasteiger partial charge in [0.25, 0.3) is 0 Å². The van der Waals surface area contributed by atoms with Crippen molar-refractivity contribution in [3.05, 3.63) is 72.8 Å². The molecular weight excluding hydrogens is 559 g/mol. The van der Waals surface area contributed by atoms with Crippen molar-refractivity contribution in [1.82, 2.24) is 0 Å². The number of hydrogen-bond acceptors (Lipinski definition) is 8. The van der Waals surface area contributed by atoms with Crippen molar-refractivity contribution in [2.45, 2.75) is 42.3 Å². The number of anilines is 2. The molecule has 2 heterocycles. The average Bonchev–Trinajstić information content (AvgIpc) is 3.79. The number of benzene rings is 3. The van der Waals surface area contributed by atoms with Crippen LogP contribution >= 0.6 is 0 Å². The highest BCUT2D eigenvalue weighted by molar-refractivity contribution is 8.06. The zero-order valence-corrected chi connectivity index (χ0v) is 22.6. The van der Waals surface area contributed by atoms with Crippen LogP contribution in [0.1, 0.15) is 12.8 Å². The number of rotatable bonds is 7. The Labute approximate surface area is 235 Å². The summed E-state index contributed by atoms with van der Waals surface area (Å²) < 4.78 is 72.3. The molecule has 2 fully saturated rings. The number of nitrogens with zero attached hydrogens (tertiary/aromatic N) is 3. The Hall–Kier alpha value is -3.61. The summed E-state index contributed by atoms with van der Waals surface area (Å²) in [6.45, 7) is 0.662. The summed E-state index contributed by atoms with van der Waals surface area (Å²) in [5.41, 5.74) is 2.76. The maximum absolute atomic E-state index is 14.0. The largest absolute Gasteiger partial charge is 0.573 e. The molecule has 41 heavy (non-hydrogen) atoms. The smallest absolute Gasteiger partial charge is 0.453 e. The fourth-order valence-corrected chi connectivity index (χ4v) is 6.51. The van der Waals surface area contributed by atoms with E-state index in [2.05, 4.69) is 14.1 Å². The van der Waals surface area contributed by atoms with Gasteiger partial charge in [0, 0.05) is 0 Å². The molecule has 216 valence electrons. The Kier molecular flexibility index (Phi) is 7.39. The summed E-state index contributed by atoms with van der Waals surface area (Å²) >= 11 is 0. The van der Waals surface area contributed by atoms with E-state index in [-0.39, 0.29) is 18.1 Å². The van der Waals surface area contributed by atoms with Crippen LogP contribution in [-0.2, 0) is 14.5 Å². The molecule has 1 aliphatic carbocycles. The fraction of sp³-hybridized carbons (Fsp3) is 0.345. The first-order chi connectivity index (χ1) is 19.7. The van der Waals surface area contributed by atoms with Gasteiger partial charge in [-0.3, -0.25) is 4.99 Å². The lowest BCUT2D eigenvalue weighted by Crippen LogP contribution is -2.54. The molecule has 3 aromatic carbocycles. The van der Waals surface area contributed by atoms with Gasteiger partial charge in [0.15, 0.2) is 11.5 Å².